The third kappa shape index (κ3) is 3.25. The smallest absolute Gasteiger partial charge is 0.303 e. The van der Waals surface area contributed by atoms with Crippen molar-refractivity contribution in [2.75, 3.05) is 0 Å². The molecule has 0 aliphatic carbocycles. The van der Waals surface area contributed by atoms with Crippen LogP contribution in [0.5, 0.6) is 5.75 Å². The van der Waals surface area contributed by atoms with Crippen molar-refractivity contribution in [1.82, 2.24) is 0 Å². The maximum absolute atomic E-state index is 10.4. The summed E-state index contributed by atoms with van der Waals surface area (Å²) in [4.78, 5) is 10.4. The fourth-order valence-corrected chi connectivity index (χ4v) is 1.40. The van der Waals surface area contributed by atoms with E-state index in [1.165, 1.54) is 0 Å². The Hall–Kier alpha value is -1.55. The summed E-state index contributed by atoms with van der Waals surface area (Å²) in [6.07, 6.45) is 0.334. The highest BCUT2D eigenvalue weighted by Crippen LogP contribution is 2.26. The molecular formula is C11H15NO3. The number of benzene rings is 1. The largest absolute Gasteiger partial charge is 0.508 e. The number of carboxylic acid groups (broad SMARTS) is 1. The van der Waals surface area contributed by atoms with Gasteiger partial charge in [-0.2, -0.15) is 0 Å². The van der Waals surface area contributed by atoms with Crippen LogP contribution in [0.25, 0.3) is 0 Å². The first kappa shape index (κ1) is 11.5. The van der Waals surface area contributed by atoms with Crippen molar-refractivity contribution in [3.8, 4) is 5.75 Å². The second kappa shape index (κ2) is 4.79. The molecule has 0 saturated carbocycles. The Balaban J connectivity index is 2.73. The van der Waals surface area contributed by atoms with Gasteiger partial charge < -0.3 is 15.9 Å². The van der Waals surface area contributed by atoms with Gasteiger partial charge in [0.1, 0.15) is 5.75 Å². The van der Waals surface area contributed by atoms with Crippen LogP contribution in [0.3, 0.4) is 0 Å². The highest BCUT2D eigenvalue weighted by atomic mass is 16.4. The van der Waals surface area contributed by atoms with Crippen molar-refractivity contribution in [2.45, 2.75) is 25.8 Å². The lowest BCUT2D eigenvalue weighted by molar-refractivity contribution is -0.137. The van der Waals surface area contributed by atoms with Crippen LogP contribution in [0.1, 0.15) is 30.0 Å². The summed E-state index contributed by atoms with van der Waals surface area (Å²) >= 11 is 0. The molecule has 0 fully saturated rings. The molecule has 0 saturated heterocycles. The van der Waals surface area contributed by atoms with Gasteiger partial charge in [0, 0.05) is 18.0 Å². The summed E-state index contributed by atoms with van der Waals surface area (Å²) in [6.45, 7) is 1.87. The highest BCUT2D eigenvalue weighted by molar-refractivity contribution is 5.66. The maximum atomic E-state index is 10.4. The predicted molar refractivity (Wildman–Crippen MR) is 56.6 cm³/mol. The lowest BCUT2D eigenvalue weighted by Crippen LogP contribution is -2.12. The molecule has 4 N–H and O–H groups in total. The second-order valence-corrected chi connectivity index (χ2v) is 3.60. The molecule has 4 heteroatoms. The molecule has 1 rings (SSSR count). The molecule has 82 valence electrons. The lowest BCUT2D eigenvalue weighted by Gasteiger charge is -2.12. The Morgan fingerprint density at radius 1 is 1.53 bits per heavy atom. The second-order valence-electron chi connectivity index (χ2n) is 3.60. The van der Waals surface area contributed by atoms with Crippen molar-refractivity contribution < 1.29 is 15.0 Å². The number of carbonyl (C=O) groups is 1. The van der Waals surface area contributed by atoms with Crippen LogP contribution in [0.15, 0.2) is 18.2 Å². The Morgan fingerprint density at radius 2 is 2.20 bits per heavy atom. The number of nitrogens with two attached hydrogens (primary N) is 1. The average Bonchev–Trinajstić information content (AvgIpc) is 2.14. The molecule has 0 heterocycles. The van der Waals surface area contributed by atoms with Crippen LogP contribution in [0, 0.1) is 6.92 Å². The minimum atomic E-state index is -0.878. The summed E-state index contributed by atoms with van der Waals surface area (Å²) in [5.74, 6) is -0.745. The van der Waals surface area contributed by atoms with Gasteiger partial charge in [-0.1, -0.05) is 12.1 Å². The zero-order valence-corrected chi connectivity index (χ0v) is 8.60. The molecule has 1 unspecified atom stereocenters. The number of rotatable bonds is 4. The van der Waals surface area contributed by atoms with E-state index in [1.807, 2.05) is 13.0 Å². The van der Waals surface area contributed by atoms with Gasteiger partial charge in [0.2, 0.25) is 0 Å². The molecule has 1 aromatic rings. The number of aliphatic carboxylic acids is 1. The van der Waals surface area contributed by atoms with Crippen molar-refractivity contribution >= 4 is 5.97 Å². The van der Waals surface area contributed by atoms with Gasteiger partial charge in [-0.15, -0.1) is 0 Å². The van der Waals surface area contributed by atoms with E-state index < -0.39 is 12.0 Å². The molecular weight excluding hydrogens is 194 g/mol. The van der Waals surface area contributed by atoms with E-state index in [2.05, 4.69) is 0 Å². The molecule has 1 atom stereocenters. The van der Waals surface area contributed by atoms with E-state index in [-0.39, 0.29) is 12.2 Å². The number of carboxylic acids is 1. The van der Waals surface area contributed by atoms with Crippen LogP contribution < -0.4 is 5.73 Å². The van der Waals surface area contributed by atoms with E-state index in [4.69, 9.17) is 10.8 Å². The van der Waals surface area contributed by atoms with Crippen LogP contribution in [0.2, 0.25) is 0 Å². The predicted octanol–water partition coefficient (Wildman–Crippen LogP) is 1.57. The van der Waals surface area contributed by atoms with Crippen molar-refractivity contribution in [1.29, 1.82) is 0 Å². The molecule has 4 nitrogen and oxygen atoms in total. The number of aromatic hydroxyl groups is 1. The molecule has 0 spiro atoms. The first-order valence-corrected chi connectivity index (χ1v) is 4.77. The van der Waals surface area contributed by atoms with Gasteiger partial charge >= 0.3 is 5.97 Å². The Morgan fingerprint density at radius 3 is 2.73 bits per heavy atom. The summed E-state index contributed by atoms with van der Waals surface area (Å²) in [5, 5.41) is 18.1. The monoisotopic (exact) mass is 209 g/mol. The summed E-state index contributed by atoms with van der Waals surface area (Å²) < 4.78 is 0. The zero-order valence-electron chi connectivity index (χ0n) is 8.60. The van der Waals surface area contributed by atoms with Gasteiger partial charge in [-0.25, -0.2) is 0 Å². The van der Waals surface area contributed by atoms with Gasteiger partial charge in [0.25, 0.3) is 0 Å². The van der Waals surface area contributed by atoms with Crippen LogP contribution in [-0.2, 0) is 4.79 Å². The fraction of sp³-hybridized carbons (Fsp3) is 0.364. The Labute approximate surface area is 88.3 Å². The summed E-state index contributed by atoms with van der Waals surface area (Å²) in [6, 6.07) is 4.77. The third-order valence-electron chi connectivity index (χ3n) is 2.25. The zero-order chi connectivity index (χ0) is 11.4. The first-order chi connectivity index (χ1) is 7.00. The molecule has 1 aromatic carbocycles. The maximum Gasteiger partial charge on any atom is 0.303 e. The van der Waals surface area contributed by atoms with E-state index in [9.17, 15) is 9.90 Å². The van der Waals surface area contributed by atoms with E-state index in [1.54, 1.807) is 12.1 Å². The quantitative estimate of drug-likeness (QED) is 0.702. The molecule has 0 aliphatic heterocycles. The minimum Gasteiger partial charge on any atom is -0.508 e. The van der Waals surface area contributed by atoms with E-state index in [0.29, 0.717) is 12.0 Å². The molecule has 0 bridgehead atoms. The van der Waals surface area contributed by atoms with Crippen LogP contribution >= 0.6 is 0 Å². The molecule has 0 radical (unpaired) electrons. The van der Waals surface area contributed by atoms with Gasteiger partial charge in [-0.05, 0) is 25.0 Å². The van der Waals surface area contributed by atoms with Gasteiger partial charge in [0.15, 0.2) is 0 Å². The molecule has 0 amide bonds. The number of aryl methyl sites for hydroxylation is 1. The minimum absolute atomic E-state index is 0.00842. The number of phenols is 1. The molecule has 15 heavy (non-hydrogen) atoms. The van der Waals surface area contributed by atoms with E-state index >= 15 is 0 Å². The average molecular weight is 209 g/mol. The number of hydrogen-bond acceptors (Lipinski definition) is 3. The fourth-order valence-electron chi connectivity index (χ4n) is 1.40. The van der Waals surface area contributed by atoms with Crippen LogP contribution in [-0.4, -0.2) is 16.2 Å². The Kier molecular flexibility index (Phi) is 3.68. The molecule has 0 aromatic heterocycles. The lowest BCUT2D eigenvalue weighted by atomic mass is 10.0. The topological polar surface area (TPSA) is 83.6 Å². The summed E-state index contributed by atoms with van der Waals surface area (Å²) in [5.41, 5.74) is 7.32. The van der Waals surface area contributed by atoms with Gasteiger partial charge in [0.05, 0.1) is 0 Å². The Bertz CT molecular complexity index is 363. The van der Waals surface area contributed by atoms with Gasteiger partial charge in [-0.3, -0.25) is 4.79 Å². The summed E-state index contributed by atoms with van der Waals surface area (Å²) in [7, 11) is 0. The standard InChI is InChI=1S/C11H15NO3/c1-7-2-3-8(10(13)6-7)9(12)4-5-11(14)15/h2-3,6,9,13H,4-5,12H2,1H3,(H,14,15). The molecule has 0 aliphatic rings. The van der Waals surface area contributed by atoms with Crippen molar-refractivity contribution in [3.05, 3.63) is 29.3 Å². The van der Waals surface area contributed by atoms with Crippen molar-refractivity contribution in [3.63, 3.8) is 0 Å². The van der Waals surface area contributed by atoms with Crippen LogP contribution in [0.4, 0.5) is 0 Å². The third-order valence-corrected chi connectivity index (χ3v) is 2.25. The number of hydrogen-bond donors (Lipinski definition) is 3. The van der Waals surface area contributed by atoms with Crippen molar-refractivity contribution in [2.24, 2.45) is 5.73 Å². The SMILES string of the molecule is Cc1ccc(C(N)CCC(=O)O)c(O)c1. The number of phenolic OH excluding ortho intramolecular Hbond substituents is 1. The van der Waals surface area contributed by atoms with E-state index in [0.717, 1.165) is 5.56 Å². The highest BCUT2D eigenvalue weighted by Gasteiger charge is 2.12. The first-order valence-electron chi connectivity index (χ1n) is 4.77. The normalized spacial score (nSPS) is 12.4.